The molecule has 0 aromatic carbocycles. The fourth-order valence-corrected chi connectivity index (χ4v) is 3.25. The van der Waals surface area contributed by atoms with E-state index in [9.17, 15) is 9.59 Å². The van der Waals surface area contributed by atoms with E-state index in [2.05, 4.69) is 10.6 Å². The zero-order chi connectivity index (χ0) is 14.3. The average Bonchev–Trinajstić information content (AvgIpc) is 2.51. The predicted octanol–water partition coefficient (Wildman–Crippen LogP) is 1.03. The van der Waals surface area contributed by atoms with Gasteiger partial charge in [0.05, 0.1) is 11.5 Å². The first-order chi connectivity index (χ1) is 9.69. The van der Waals surface area contributed by atoms with Gasteiger partial charge in [-0.25, -0.2) is 0 Å². The van der Waals surface area contributed by atoms with Crippen LogP contribution in [0, 0.1) is 5.92 Å². The largest absolute Gasteiger partial charge is 0.388 e. The highest BCUT2D eigenvalue weighted by atomic mass is 16.1. The van der Waals surface area contributed by atoms with E-state index >= 15 is 0 Å². The molecule has 0 amide bonds. The Hall–Kier alpha value is -1.94. The van der Waals surface area contributed by atoms with E-state index in [4.69, 9.17) is 0 Å². The summed E-state index contributed by atoms with van der Waals surface area (Å²) in [5.41, 5.74) is 2.62. The first-order valence-corrected chi connectivity index (χ1v) is 6.94. The van der Waals surface area contributed by atoms with Gasteiger partial charge in [-0.3, -0.25) is 9.59 Å². The van der Waals surface area contributed by atoms with Gasteiger partial charge in [0.2, 0.25) is 0 Å². The van der Waals surface area contributed by atoms with Crippen LogP contribution in [-0.4, -0.2) is 31.7 Å². The quantitative estimate of drug-likeness (QED) is 0.787. The van der Waals surface area contributed by atoms with Crippen LogP contribution in [-0.2, 0) is 9.59 Å². The summed E-state index contributed by atoms with van der Waals surface area (Å²) in [6, 6.07) is -0.0639. The first-order valence-electron chi connectivity index (χ1n) is 6.94. The zero-order valence-corrected chi connectivity index (χ0v) is 11.7. The van der Waals surface area contributed by atoms with E-state index in [0.717, 1.165) is 12.1 Å². The number of fused-ring (bicyclic) bond motifs is 1. The molecule has 3 aliphatic carbocycles. The molecule has 0 aliphatic heterocycles. The Kier molecular flexibility index (Phi) is 3.18. The van der Waals surface area contributed by atoms with Gasteiger partial charge in [-0.15, -0.1) is 0 Å². The van der Waals surface area contributed by atoms with Crippen molar-refractivity contribution in [3.05, 3.63) is 46.7 Å². The highest BCUT2D eigenvalue weighted by Crippen LogP contribution is 2.39. The van der Waals surface area contributed by atoms with Gasteiger partial charge in [-0.1, -0.05) is 24.3 Å². The van der Waals surface area contributed by atoms with Crippen LogP contribution in [0.3, 0.4) is 0 Å². The van der Waals surface area contributed by atoms with Crippen LogP contribution < -0.4 is 10.6 Å². The van der Waals surface area contributed by atoms with Crippen LogP contribution in [0.4, 0.5) is 0 Å². The molecule has 0 saturated heterocycles. The fourth-order valence-electron chi connectivity index (χ4n) is 3.25. The molecule has 0 heterocycles. The number of ketones is 2. The molecule has 3 rings (SSSR count). The maximum atomic E-state index is 12.8. The zero-order valence-electron chi connectivity index (χ0n) is 11.7. The molecule has 2 N–H and O–H groups in total. The lowest BCUT2D eigenvalue weighted by Gasteiger charge is -2.35. The molecule has 0 radical (unpaired) electrons. The number of allylic oxidation sites excluding steroid dienone is 5. The molecule has 2 unspecified atom stereocenters. The monoisotopic (exact) mass is 270 g/mol. The molecule has 0 spiro atoms. The predicted molar refractivity (Wildman–Crippen MR) is 77.0 cm³/mol. The number of rotatable bonds is 2. The molecule has 0 bridgehead atoms. The van der Waals surface area contributed by atoms with Gasteiger partial charge in [-0.2, -0.15) is 0 Å². The van der Waals surface area contributed by atoms with Crippen molar-refractivity contribution in [3.63, 3.8) is 0 Å². The normalized spacial score (nSPS) is 28.7. The summed E-state index contributed by atoms with van der Waals surface area (Å²) < 4.78 is 0. The molecular formula is C16H18N2O2. The van der Waals surface area contributed by atoms with Crippen molar-refractivity contribution in [1.29, 1.82) is 0 Å². The summed E-state index contributed by atoms with van der Waals surface area (Å²) in [5, 5.41) is 6.20. The molecule has 4 heteroatoms. The Morgan fingerprint density at radius 2 is 2.00 bits per heavy atom. The van der Waals surface area contributed by atoms with Crippen LogP contribution >= 0.6 is 0 Å². The SMILES string of the molecule is CNC1=CCC(NC)C2=C1C(=O)C1=CC=CCC1C2=O. The Balaban J connectivity index is 2.18. The molecule has 20 heavy (non-hydrogen) atoms. The molecule has 3 aliphatic rings. The average molecular weight is 270 g/mol. The summed E-state index contributed by atoms with van der Waals surface area (Å²) in [5.74, 6) is -0.205. The Labute approximate surface area is 118 Å². The van der Waals surface area contributed by atoms with Crippen molar-refractivity contribution in [2.24, 2.45) is 5.92 Å². The molecule has 0 fully saturated rings. The number of hydrogen-bond acceptors (Lipinski definition) is 4. The second-order valence-corrected chi connectivity index (χ2v) is 5.27. The Morgan fingerprint density at radius 1 is 1.20 bits per heavy atom. The number of likely N-dealkylation sites (N-methyl/N-ethyl adjacent to an activating group) is 2. The lowest BCUT2D eigenvalue weighted by molar-refractivity contribution is -0.122. The third kappa shape index (κ3) is 1.72. The molecular weight excluding hydrogens is 252 g/mol. The lowest BCUT2D eigenvalue weighted by atomic mass is 9.70. The van der Waals surface area contributed by atoms with E-state index in [-0.39, 0.29) is 23.5 Å². The summed E-state index contributed by atoms with van der Waals surface area (Å²) in [7, 11) is 3.62. The van der Waals surface area contributed by atoms with Crippen molar-refractivity contribution in [2.45, 2.75) is 18.9 Å². The summed E-state index contributed by atoms with van der Waals surface area (Å²) in [6.07, 6.45) is 8.95. The Bertz CT molecular complexity index is 608. The van der Waals surface area contributed by atoms with Crippen molar-refractivity contribution < 1.29 is 9.59 Å². The topological polar surface area (TPSA) is 58.2 Å². The smallest absolute Gasteiger partial charge is 0.192 e. The minimum atomic E-state index is -0.293. The van der Waals surface area contributed by atoms with Crippen molar-refractivity contribution in [2.75, 3.05) is 14.1 Å². The molecule has 4 nitrogen and oxygen atoms in total. The number of nitrogens with one attached hydrogen (secondary N) is 2. The highest BCUT2D eigenvalue weighted by Gasteiger charge is 2.43. The van der Waals surface area contributed by atoms with Gasteiger partial charge in [0.15, 0.2) is 11.6 Å². The van der Waals surface area contributed by atoms with Crippen molar-refractivity contribution in [3.8, 4) is 0 Å². The van der Waals surface area contributed by atoms with Gasteiger partial charge in [0.25, 0.3) is 0 Å². The molecule has 0 aromatic rings. The number of carbonyl (C=O) groups is 2. The van der Waals surface area contributed by atoms with E-state index < -0.39 is 0 Å². The Morgan fingerprint density at radius 3 is 2.70 bits per heavy atom. The van der Waals surface area contributed by atoms with Crippen molar-refractivity contribution >= 4 is 11.6 Å². The standard InChI is InChI=1S/C16H18N2O2/c1-17-11-7-8-12(18-2)14-13(11)15(19)9-5-3-4-6-10(9)16(14)20/h3-5,7,10,12,17-18H,6,8H2,1-2H3. The summed E-state index contributed by atoms with van der Waals surface area (Å²) >= 11 is 0. The second kappa shape index (κ2) is 4.87. The van der Waals surface area contributed by atoms with Crippen LogP contribution in [0.15, 0.2) is 46.7 Å². The van der Waals surface area contributed by atoms with Gasteiger partial charge >= 0.3 is 0 Å². The van der Waals surface area contributed by atoms with Crippen LogP contribution in [0.1, 0.15) is 12.8 Å². The van der Waals surface area contributed by atoms with E-state index in [0.29, 0.717) is 23.1 Å². The van der Waals surface area contributed by atoms with Gasteiger partial charge in [0, 0.05) is 29.9 Å². The van der Waals surface area contributed by atoms with Gasteiger partial charge in [-0.05, 0) is 19.9 Å². The second-order valence-electron chi connectivity index (χ2n) is 5.27. The molecule has 2 atom stereocenters. The fraction of sp³-hybridized carbons (Fsp3) is 0.375. The maximum absolute atomic E-state index is 12.8. The lowest BCUT2D eigenvalue weighted by Crippen LogP contribution is -2.43. The third-order valence-corrected chi connectivity index (χ3v) is 4.29. The number of Topliss-reactive ketones (excluding diaryl/α,β-unsaturated/α-hetero) is 2. The summed E-state index contributed by atoms with van der Waals surface area (Å²) in [6.45, 7) is 0. The van der Waals surface area contributed by atoms with E-state index in [1.54, 1.807) is 13.1 Å². The number of carbonyl (C=O) groups excluding carboxylic acids is 2. The van der Waals surface area contributed by atoms with Crippen LogP contribution in [0.25, 0.3) is 0 Å². The van der Waals surface area contributed by atoms with Gasteiger partial charge in [0.1, 0.15) is 0 Å². The van der Waals surface area contributed by atoms with E-state index in [1.807, 2.05) is 25.3 Å². The summed E-state index contributed by atoms with van der Waals surface area (Å²) in [4.78, 5) is 25.5. The van der Waals surface area contributed by atoms with E-state index in [1.165, 1.54) is 0 Å². The molecule has 0 saturated carbocycles. The highest BCUT2D eigenvalue weighted by molar-refractivity contribution is 6.24. The van der Waals surface area contributed by atoms with Crippen molar-refractivity contribution in [1.82, 2.24) is 10.6 Å². The van der Waals surface area contributed by atoms with Gasteiger partial charge < -0.3 is 10.6 Å². The third-order valence-electron chi connectivity index (χ3n) is 4.29. The minimum absolute atomic E-state index is 0.00509. The van der Waals surface area contributed by atoms with Crippen LogP contribution in [0.5, 0.6) is 0 Å². The molecule has 104 valence electrons. The first kappa shape index (κ1) is 13.1. The van der Waals surface area contributed by atoms with Crippen LogP contribution in [0.2, 0.25) is 0 Å². The minimum Gasteiger partial charge on any atom is -0.388 e. The number of hydrogen-bond donors (Lipinski definition) is 2. The molecule has 0 aromatic heterocycles. The maximum Gasteiger partial charge on any atom is 0.192 e.